The quantitative estimate of drug-likeness (QED) is 0.663. The summed E-state index contributed by atoms with van der Waals surface area (Å²) in [4.78, 5) is 0. The van der Waals surface area contributed by atoms with Gasteiger partial charge in [-0.15, -0.1) is 0 Å². The van der Waals surface area contributed by atoms with Gasteiger partial charge in [-0.25, -0.2) is 0 Å². The lowest BCUT2D eigenvalue weighted by atomic mass is 9.52. The van der Waals surface area contributed by atoms with E-state index in [-0.39, 0.29) is 5.02 Å². The van der Waals surface area contributed by atoms with Gasteiger partial charge in [0.25, 0.3) is 0 Å². The highest BCUT2D eigenvalue weighted by molar-refractivity contribution is 6.35. The second-order valence-electron chi connectivity index (χ2n) is 7.54. The maximum Gasteiger partial charge on any atom is 0.244 e. The van der Waals surface area contributed by atoms with Crippen LogP contribution in [-0.4, -0.2) is 5.90 Å². The van der Waals surface area contributed by atoms with E-state index in [0.29, 0.717) is 22.6 Å². The van der Waals surface area contributed by atoms with E-state index in [1.165, 1.54) is 6.07 Å². The first-order chi connectivity index (χ1) is 14.9. The Labute approximate surface area is 189 Å². The topological polar surface area (TPSA) is 114 Å². The van der Waals surface area contributed by atoms with Crippen molar-refractivity contribution in [3.05, 3.63) is 69.7 Å². The monoisotopic (exact) mass is 450 g/mol. The first-order valence-electron chi connectivity index (χ1n) is 9.57. The van der Waals surface area contributed by atoms with Gasteiger partial charge in [-0.05, 0) is 18.6 Å². The van der Waals surface area contributed by atoms with Crippen LogP contribution in [0.15, 0.2) is 48.5 Å². The molecule has 4 unspecified atom stereocenters. The SMILES string of the molecule is CCC1C2(c3ccccc3)OC(=N)C1(C#N)C(C#N)(C#N)C(c1ccc(Cl)cc1Cl)O2. The van der Waals surface area contributed by atoms with Crippen LogP contribution in [0, 0.1) is 56.2 Å². The van der Waals surface area contributed by atoms with Gasteiger partial charge in [-0.1, -0.05) is 66.5 Å². The predicted molar refractivity (Wildman–Crippen MR) is 113 cm³/mol. The van der Waals surface area contributed by atoms with E-state index < -0.39 is 34.5 Å². The highest BCUT2D eigenvalue weighted by Crippen LogP contribution is 2.70. The van der Waals surface area contributed by atoms with E-state index in [4.69, 9.17) is 38.1 Å². The van der Waals surface area contributed by atoms with Crippen LogP contribution in [-0.2, 0) is 15.3 Å². The van der Waals surface area contributed by atoms with Crippen LogP contribution in [0.4, 0.5) is 0 Å². The van der Waals surface area contributed by atoms with Gasteiger partial charge < -0.3 is 9.47 Å². The normalized spacial score (nSPS) is 30.5. The number of nitrogens with zero attached hydrogens (tertiary/aromatic N) is 3. The molecule has 0 spiro atoms. The summed E-state index contributed by atoms with van der Waals surface area (Å²) < 4.78 is 12.5. The predicted octanol–water partition coefficient (Wildman–Crippen LogP) is 5.49. The third kappa shape index (κ3) is 2.49. The Hall–Kier alpha value is -3.08. The molecule has 0 aliphatic carbocycles. The van der Waals surface area contributed by atoms with Gasteiger partial charge in [-0.2, -0.15) is 15.8 Å². The van der Waals surface area contributed by atoms with Crippen molar-refractivity contribution in [1.82, 2.24) is 0 Å². The molecule has 4 atom stereocenters. The molecule has 2 aliphatic heterocycles. The molecule has 6 nitrogen and oxygen atoms in total. The molecule has 2 heterocycles. The van der Waals surface area contributed by atoms with Crippen LogP contribution in [0.1, 0.15) is 30.6 Å². The third-order valence-corrected chi connectivity index (χ3v) is 6.82. The molecular formula is C23H16Cl2N4O2. The highest BCUT2D eigenvalue weighted by Gasteiger charge is 2.80. The molecular weight excluding hydrogens is 435 g/mol. The fourth-order valence-corrected chi connectivity index (χ4v) is 5.40. The minimum atomic E-state index is -2.08. The lowest BCUT2D eigenvalue weighted by molar-refractivity contribution is -0.292. The standard InChI is InChI=1S/C23H16Cl2N4O2/c1-2-18-22(13-28)20(29)31-23(18,14-6-4-3-5-7-14)30-19(21(22,11-26)12-27)16-9-8-15(24)10-17(16)25/h3-10,18-19,29H,2H2,1H3. The van der Waals surface area contributed by atoms with Crippen molar-refractivity contribution in [2.75, 3.05) is 0 Å². The van der Waals surface area contributed by atoms with Crippen LogP contribution in [0.2, 0.25) is 10.0 Å². The number of nitrogens with one attached hydrogen (secondary N) is 1. The number of benzene rings is 2. The molecule has 154 valence electrons. The van der Waals surface area contributed by atoms with Crippen molar-refractivity contribution in [2.24, 2.45) is 16.7 Å². The first kappa shape index (κ1) is 21.2. The second-order valence-corrected chi connectivity index (χ2v) is 8.38. The van der Waals surface area contributed by atoms with Crippen molar-refractivity contribution in [2.45, 2.75) is 25.2 Å². The number of nitriles is 3. The van der Waals surface area contributed by atoms with Crippen LogP contribution in [0.25, 0.3) is 0 Å². The van der Waals surface area contributed by atoms with Crippen molar-refractivity contribution < 1.29 is 9.47 Å². The molecule has 8 heteroatoms. The lowest BCUT2D eigenvalue weighted by Crippen LogP contribution is -2.58. The Morgan fingerprint density at radius 2 is 1.71 bits per heavy atom. The molecule has 2 bridgehead atoms. The maximum absolute atomic E-state index is 10.4. The number of rotatable bonds is 3. The maximum atomic E-state index is 10.4. The number of fused-ring (bicyclic) bond motifs is 2. The zero-order chi connectivity index (χ0) is 22.4. The summed E-state index contributed by atoms with van der Waals surface area (Å²) >= 11 is 12.5. The van der Waals surface area contributed by atoms with Crippen LogP contribution in [0.3, 0.4) is 0 Å². The molecule has 0 saturated carbocycles. The molecule has 2 saturated heterocycles. The Morgan fingerprint density at radius 1 is 1.03 bits per heavy atom. The van der Waals surface area contributed by atoms with Gasteiger partial charge in [-0.3, -0.25) is 5.41 Å². The highest BCUT2D eigenvalue weighted by atomic mass is 35.5. The summed E-state index contributed by atoms with van der Waals surface area (Å²) in [5.41, 5.74) is -3.04. The van der Waals surface area contributed by atoms with Crippen molar-refractivity contribution in [3.8, 4) is 18.2 Å². The molecule has 0 amide bonds. The minimum absolute atomic E-state index is 0.185. The Morgan fingerprint density at radius 3 is 2.26 bits per heavy atom. The molecule has 2 aromatic rings. The zero-order valence-electron chi connectivity index (χ0n) is 16.4. The lowest BCUT2D eigenvalue weighted by Gasteiger charge is -2.49. The molecule has 1 N–H and O–H groups in total. The zero-order valence-corrected chi connectivity index (χ0v) is 17.9. The van der Waals surface area contributed by atoms with Crippen LogP contribution in [0.5, 0.6) is 0 Å². The van der Waals surface area contributed by atoms with E-state index >= 15 is 0 Å². The number of halogens is 2. The van der Waals surface area contributed by atoms with Gasteiger partial charge in [0.1, 0.15) is 6.10 Å². The summed E-state index contributed by atoms with van der Waals surface area (Å²) in [6.45, 7) is 1.81. The number of hydrogen-bond acceptors (Lipinski definition) is 6. The molecule has 0 aromatic heterocycles. The number of hydrogen-bond donors (Lipinski definition) is 1. The van der Waals surface area contributed by atoms with Crippen molar-refractivity contribution in [3.63, 3.8) is 0 Å². The summed E-state index contributed by atoms with van der Waals surface area (Å²) in [5, 5.41) is 40.2. The molecule has 2 aliphatic rings. The second kappa shape index (κ2) is 7.26. The molecule has 4 rings (SSSR count). The average molecular weight is 451 g/mol. The van der Waals surface area contributed by atoms with E-state index in [1.54, 1.807) is 36.4 Å². The number of ether oxygens (including phenoxy) is 2. The van der Waals surface area contributed by atoms with Crippen molar-refractivity contribution >= 4 is 29.1 Å². The van der Waals surface area contributed by atoms with Gasteiger partial charge in [0.15, 0.2) is 5.41 Å². The average Bonchev–Trinajstić information content (AvgIpc) is 2.98. The molecule has 2 fully saturated rings. The molecule has 2 aromatic carbocycles. The summed E-state index contributed by atoms with van der Waals surface area (Å²) in [7, 11) is 0. The first-order valence-corrected chi connectivity index (χ1v) is 10.3. The third-order valence-electron chi connectivity index (χ3n) is 6.26. The van der Waals surface area contributed by atoms with Gasteiger partial charge in [0.2, 0.25) is 17.1 Å². The fraction of sp³-hybridized carbons (Fsp3) is 0.304. The molecule has 0 radical (unpaired) electrons. The van der Waals surface area contributed by atoms with E-state index in [1.807, 2.05) is 25.1 Å². The van der Waals surface area contributed by atoms with Gasteiger partial charge >= 0.3 is 0 Å². The Bertz CT molecular complexity index is 1180. The van der Waals surface area contributed by atoms with E-state index in [9.17, 15) is 15.8 Å². The minimum Gasteiger partial charge on any atom is -0.443 e. The largest absolute Gasteiger partial charge is 0.443 e. The van der Waals surface area contributed by atoms with Crippen molar-refractivity contribution in [1.29, 1.82) is 21.2 Å². The summed E-state index contributed by atoms with van der Waals surface area (Å²) in [5.74, 6) is -2.77. The Kier molecular flexibility index (Phi) is 4.95. The van der Waals surface area contributed by atoms with Crippen LogP contribution >= 0.6 is 23.2 Å². The van der Waals surface area contributed by atoms with Gasteiger partial charge in [0, 0.05) is 21.2 Å². The smallest absolute Gasteiger partial charge is 0.244 e. The van der Waals surface area contributed by atoms with E-state index in [0.717, 1.165) is 0 Å². The van der Waals surface area contributed by atoms with Gasteiger partial charge in [0.05, 0.1) is 24.1 Å². The summed E-state index contributed by atoms with van der Waals surface area (Å²) in [6.07, 6.45) is -0.936. The fourth-order valence-electron chi connectivity index (χ4n) is 4.90. The van der Waals surface area contributed by atoms with Crippen LogP contribution < -0.4 is 0 Å². The van der Waals surface area contributed by atoms with E-state index in [2.05, 4.69) is 6.07 Å². The molecule has 31 heavy (non-hydrogen) atoms. The summed E-state index contributed by atoms with van der Waals surface area (Å²) in [6, 6.07) is 19.7. The Balaban J connectivity index is 2.09.